The topological polar surface area (TPSA) is 58.9 Å². The van der Waals surface area contributed by atoms with E-state index in [1.165, 1.54) is 0 Å². The maximum atomic E-state index is 10.3. The van der Waals surface area contributed by atoms with Crippen LogP contribution in [0.15, 0.2) is 60.7 Å². The van der Waals surface area contributed by atoms with E-state index in [4.69, 9.17) is 9.47 Å². The van der Waals surface area contributed by atoms with E-state index in [-0.39, 0.29) is 5.92 Å². The molecule has 5 atom stereocenters. The Morgan fingerprint density at radius 2 is 1.08 bits per heavy atom. The van der Waals surface area contributed by atoms with Crippen LogP contribution < -0.4 is 0 Å². The van der Waals surface area contributed by atoms with E-state index in [0.29, 0.717) is 13.2 Å². The molecule has 0 fully saturated rings. The van der Waals surface area contributed by atoms with Crippen molar-refractivity contribution in [2.45, 2.75) is 58.4 Å². The number of hydrogen-bond acceptors (Lipinski definition) is 4. The molecule has 0 saturated heterocycles. The van der Waals surface area contributed by atoms with Crippen LogP contribution in [-0.2, 0) is 22.7 Å². The largest absolute Gasteiger partial charge is 0.393 e. The van der Waals surface area contributed by atoms with Crippen molar-refractivity contribution in [2.75, 3.05) is 0 Å². The molecule has 142 valence electrons. The fourth-order valence-electron chi connectivity index (χ4n) is 2.86. The van der Waals surface area contributed by atoms with Crippen molar-refractivity contribution in [1.29, 1.82) is 0 Å². The van der Waals surface area contributed by atoms with E-state index in [0.717, 1.165) is 11.1 Å². The summed E-state index contributed by atoms with van der Waals surface area (Å²) in [4.78, 5) is 0. The van der Waals surface area contributed by atoms with E-state index in [9.17, 15) is 10.2 Å². The Kier molecular flexibility index (Phi) is 8.26. The van der Waals surface area contributed by atoms with Gasteiger partial charge in [-0.15, -0.1) is 0 Å². The Morgan fingerprint density at radius 3 is 1.46 bits per heavy atom. The number of benzene rings is 2. The average molecular weight is 358 g/mol. The highest BCUT2D eigenvalue weighted by molar-refractivity contribution is 5.14. The van der Waals surface area contributed by atoms with Gasteiger partial charge in [0.05, 0.1) is 31.5 Å². The fraction of sp³-hybridized carbons (Fsp3) is 0.455. The standard InChI is InChI=1S/C22H30O4/c1-16(17(2)23)21(25-14-19-10-6-4-7-11-19)22(18(3)24)26-15-20-12-8-5-9-13-20/h4-13,16-18,21-24H,14-15H2,1-3H3/t16-,17-,18?,21+,22-/m0/s1. The van der Waals surface area contributed by atoms with Crippen LogP contribution in [0.2, 0.25) is 0 Å². The fourth-order valence-corrected chi connectivity index (χ4v) is 2.86. The minimum absolute atomic E-state index is 0.186. The zero-order valence-electron chi connectivity index (χ0n) is 15.8. The molecule has 0 amide bonds. The molecule has 0 aromatic heterocycles. The average Bonchev–Trinajstić information content (AvgIpc) is 2.65. The lowest BCUT2D eigenvalue weighted by Crippen LogP contribution is -2.46. The predicted octanol–water partition coefficient (Wildman–Crippen LogP) is 3.55. The van der Waals surface area contributed by atoms with Crippen LogP contribution >= 0.6 is 0 Å². The second-order valence-corrected chi connectivity index (χ2v) is 6.86. The van der Waals surface area contributed by atoms with Crippen LogP contribution in [0.4, 0.5) is 0 Å². The highest BCUT2D eigenvalue weighted by atomic mass is 16.5. The Bertz CT molecular complexity index is 613. The van der Waals surface area contributed by atoms with Crippen molar-refractivity contribution in [3.8, 4) is 0 Å². The zero-order valence-corrected chi connectivity index (χ0v) is 15.8. The molecule has 0 bridgehead atoms. The maximum absolute atomic E-state index is 10.3. The molecule has 0 saturated carbocycles. The zero-order chi connectivity index (χ0) is 18.9. The Labute approximate surface area is 156 Å². The van der Waals surface area contributed by atoms with Gasteiger partial charge in [-0.25, -0.2) is 0 Å². The summed E-state index contributed by atoms with van der Waals surface area (Å²) in [7, 11) is 0. The summed E-state index contributed by atoms with van der Waals surface area (Å²) in [5, 5.41) is 20.4. The molecule has 0 spiro atoms. The van der Waals surface area contributed by atoms with Gasteiger partial charge < -0.3 is 19.7 Å². The van der Waals surface area contributed by atoms with E-state index in [1.807, 2.05) is 67.6 Å². The number of rotatable bonds is 10. The van der Waals surface area contributed by atoms with Gasteiger partial charge in [-0.3, -0.25) is 0 Å². The molecule has 0 aliphatic carbocycles. The third kappa shape index (κ3) is 6.22. The number of aliphatic hydroxyl groups is 2. The summed E-state index contributed by atoms with van der Waals surface area (Å²) in [5.74, 6) is -0.186. The van der Waals surface area contributed by atoms with E-state index >= 15 is 0 Å². The van der Waals surface area contributed by atoms with Gasteiger partial charge in [-0.1, -0.05) is 67.6 Å². The van der Waals surface area contributed by atoms with Crippen molar-refractivity contribution in [1.82, 2.24) is 0 Å². The Balaban J connectivity index is 2.10. The van der Waals surface area contributed by atoms with Crippen LogP contribution in [-0.4, -0.2) is 34.6 Å². The minimum atomic E-state index is -0.722. The Morgan fingerprint density at radius 1 is 0.654 bits per heavy atom. The number of ether oxygens (including phenoxy) is 2. The van der Waals surface area contributed by atoms with Crippen molar-refractivity contribution in [2.24, 2.45) is 5.92 Å². The van der Waals surface area contributed by atoms with Crippen LogP contribution in [0, 0.1) is 5.92 Å². The predicted molar refractivity (Wildman–Crippen MR) is 103 cm³/mol. The molecule has 4 nitrogen and oxygen atoms in total. The van der Waals surface area contributed by atoms with Crippen molar-refractivity contribution >= 4 is 0 Å². The van der Waals surface area contributed by atoms with Crippen molar-refractivity contribution in [3.05, 3.63) is 71.8 Å². The molecule has 26 heavy (non-hydrogen) atoms. The summed E-state index contributed by atoms with van der Waals surface area (Å²) >= 11 is 0. The first-order chi connectivity index (χ1) is 12.5. The van der Waals surface area contributed by atoms with E-state index < -0.39 is 24.4 Å². The van der Waals surface area contributed by atoms with Gasteiger partial charge in [0.15, 0.2) is 0 Å². The van der Waals surface area contributed by atoms with Gasteiger partial charge in [-0.2, -0.15) is 0 Å². The minimum Gasteiger partial charge on any atom is -0.393 e. The van der Waals surface area contributed by atoms with Crippen molar-refractivity contribution < 1.29 is 19.7 Å². The molecule has 2 aromatic carbocycles. The molecule has 4 heteroatoms. The molecule has 0 aliphatic heterocycles. The SMILES string of the molecule is CC(O)[C@H](OCc1ccccc1)[C@H](OCc1ccccc1)[C@@H](C)[C@H](C)O. The van der Waals surface area contributed by atoms with Gasteiger partial charge in [0.1, 0.15) is 6.10 Å². The molecule has 0 aliphatic rings. The summed E-state index contributed by atoms with van der Waals surface area (Å²) in [6.45, 7) is 6.14. The normalized spacial score (nSPS) is 17.3. The van der Waals surface area contributed by atoms with E-state index in [1.54, 1.807) is 13.8 Å². The first kappa shape index (κ1) is 20.6. The quantitative estimate of drug-likeness (QED) is 0.682. The molecule has 0 heterocycles. The number of hydrogen-bond donors (Lipinski definition) is 2. The summed E-state index contributed by atoms with van der Waals surface area (Å²) in [6, 6.07) is 19.7. The van der Waals surface area contributed by atoms with E-state index in [2.05, 4.69) is 0 Å². The summed E-state index contributed by atoms with van der Waals surface area (Å²) in [5.41, 5.74) is 2.08. The van der Waals surface area contributed by atoms with Gasteiger partial charge in [0, 0.05) is 5.92 Å². The maximum Gasteiger partial charge on any atom is 0.110 e. The van der Waals surface area contributed by atoms with Gasteiger partial charge in [0.2, 0.25) is 0 Å². The van der Waals surface area contributed by atoms with Gasteiger partial charge in [-0.05, 0) is 25.0 Å². The lowest BCUT2D eigenvalue weighted by atomic mass is 9.92. The third-order valence-corrected chi connectivity index (χ3v) is 4.65. The Hall–Kier alpha value is -1.72. The molecule has 1 unspecified atom stereocenters. The molecule has 0 radical (unpaired) electrons. The third-order valence-electron chi connectivity index (χ3n) is 4.65. The lowest BCUT2D eigenvalue weighted by Gasteiger charge is -2.35. The first-order valence-corrected chi connectivity index (χ1v) is 9.16. The highest BCUT2D eigenvalue weighted by Crippen LogP contribution is 2.23. The molecule has 2 rings (SSSR count). The second kappa shape index (κ2) is 10.4. The number of aliphatic hydroxyl groups excluding tert-OH is 2. The monoisotopic (exact) mass is 358 g/mol. The first-order valence-electron chi connectivity index (χ1n) is 9.16. The highest BCUT2D eigenvalue weighted by Gasteiger charge is 2.34. The molecular formula is C22H30O4. The summed E-state index contributed by atoms with van der Waals surface area (Å²) < 4.78 is 12.1. The molecular weight excluding hydrogens is 328 g/mol. The second-order valence-electron chi connectivity index (χ2n) is 6.86. The smallest absolute Gasteiger partial charge is 0.110 e. The van der Waals surface area contributed by atoms with Crippen LogP contribution in [0.5, 0.6) is 0 Å². The molecule has 2 aromatic rings. The van der Waals surface area contributed by atoms with Gasteiger partial charge >= 0.3 is 0 Å². The van der Waals surface area contributed by atoms with Crippen LogP contribution in [0.3, 0.4) is 0 Å². The summed E-state index contributed by atoms with van der Waals surface area (Å²) in [6.07, 6.45) is -2.26. The van der Waals surface area contributed by atoms with Crippen LogP contribution in [0.1, 0.15) is 31.9 Å². The molecule has 2 N–H and O–H groups in total. The lowest BCUT2D eigenvalue weighted by molar-refractivity contribution is -0.156. The van der Waals surface area contributed by atoms with Crippen LogP contribution in [0.25, 0.3) is 0 Å². The van der Waals surface area contributed by atoms with Gasteiger partial charge in [0.25, 0.3) is 0 Å². The van der Waals surface area contributed by atoms with Crippen molar-refractivity contribution in [3.63, 3.8) is 0 Å².